The molecular formula is C17H15ClN2O3. The highest BCUT2D eigenvalue weighted by Gasteiger charge is 2.13. The van der Waals surface area contributed by atoms with Gasteiger partial charge in [0.2, 0.25) is 5.91 Å². The molecule has 0 aliphatic heterocycles. The summed E-state index contributed by atoms with van der Waals surface area (Å²) in [5.74, 6) is -0.879. The zero-order valence-electron chi connectivity index (χ0n) is 12.4. The quantitative estimate of drug-likeness (QED) is 0.844. The Labute approximate surface area is 138 Å². The zero-order chi connectivity index (χ0) is 17.0. The molecule has 5 nitrogen and oxygen atoms in total. The van der Waals surface area contributed by atoms with Crippen LogP contribution >= 0.6 is 11.6 Å². The lowest BCUT2D eigenvalue weighted by molar-refractivity contribution is -0.113. The van der Waals surface area contributed by atoms with Gasteiger partial charge in [0.15, 0.2) is 0 Å². The predicted octanol–water partition coefficient (Wildman–Crippen LogP) is 3.45. The highest BCUT2D eigenvalue weighted by molar-refractivity contribution is 6.30. The number of benzene rings is 2. The van der Waals surface area contributed by atoms with Crippen LogP contribution in [0.4, 0.5) is 11.4 Å². The summed E-state index contributed by atoms with van der Waals surface area (Å²) in [5.41, 5.74) is 1.18. The van der Waals surface area contributed by atoms with Crippen LogP contribution in [0.1, 0.15) is 10.4 Å². The minimum Gasteiger partial charge on any atom is -0.508 e. The molecule has 0 aliphatic carbocycles. The number of likely N-dealkylation sites (N-methyl/N-ethyl adjacent to an activating group) is 1. The van der Waals surface area contributed by atoms with Crippen LogP contribution in [0.25, 0.3) is 0 Å². The van der Waals surface area contributed by atoms with Crippen LogP contribution in [-0.4, -0.2) is 24.0 Å². The van der Waals surface area contributed by atoms with Gasteiger partial charge in [0.05, 0.1) is 0 Å². The van der Waals surface area contributed by atoms with Crippen LogP contribution in [0.3, 0.4) is 0 Å². The minimum atomic E-state index is -0.413. The van der Waals surface area contributed by atoms with E-state index in [1.54, 1.807) is 24.3 Å². The maximum absolute atomic E-state index is 12.3. The fraction of sp³-hybridized carbons (Fsp3) is 0.0588. The molecule has 0 aliphatic rings. The molecule has 2 aromatic carbocycles. The van der Waals surface area contributed by atoms with Crippen molar-refractivity contribution in [1.82, 2.24) is 0 Å². The summed E-state index contributed by atoms with van der Waals surface area (Å²) >= 11 is 5.79. The number of nitrogens with zero attached hydrogens (tertiary/aromatic N) is 1. The van der Waals surface area contributed by atoms with Gasteiger partial charge in [-0.1, -0.05) is 18.2 Å². The molecule has 2 aromatic rings. The van der Waals surface area contributed by atoms with Crippen molar-refractivity contribution in [3.05, 3.63) is 65.7 Å². The van der Waals surface area contributed by atoms with Crippen LogP contribution < -0.4 is 10.2 Å². The van der Waals surface area contributed by atoms with Crippen molar-refractivity contribution in [3.8, 4) is 5.75 Å². The molecule has 0 heterocycles. The van der Waals surface area contributed by atoms with E-state index in [1.165, 1.54) is 30.1 Å². The molecule has 2 amide bonds. The van der Waals surface area contributed by atoms with Crippen LogP contribution in [0, 0.1) is 0 Å². The number of phenols is 1. The molecule has 0 atom stereocenters. The normalized spacial score (nSPS) is 10.0. The molecule has 0 aromatic heterocycles. The van der Waals surface area contributed by atoms with Gasteiger partial charge >= 0.3 is 0 Å². The summed E-state index contributed by atoms with van der Waals surface area (Å²) in [7, 11) is 1.53. The number of rotatable bonds is 4. The molecule has 0 unspecified atom stereocenters. The topological polar surface area (TPSA) is 69.6 Å². The molecule has 0 saturated carbocycles. The molecule has 23 heavy (non-hydrogen) atoms. The van der Waals surface area contributed by atoms with E-state index in [2.05, 4.69) is 11.9 Å². The van der Waals surface area contributed by atoms with E-state index in [9.17, 15) is 14.7 Å². The number of anilines is 2. The monoisotopic (exact) mass is 330 g/mol. The number of carbonyl (C=O) groups is 2. The fourth-order valence-electron chi connectivity index (χ4n) is 1.92. The van der Waals surface area contributed by atoms with Gasteiger partial charge in [-0.15, -0.1) is 0 Å². The Hall–Kier alpha value is -2.79. The van der Waals surface area contributed by atoms with Gasteiger partial charge in [-0.05, 0) is 42.5 Å². The molecule has 118 valence electrons. The summed E-state index contributed by atoms with van der Waals surface area (Å²) in [5, 5.41) is 13.0. The zero-order valence-corrected chi connectivity index (χ0v) is 13.2. The first-order valence-corrected chi connectivity index (χ1v) is 7.09. The van der Waals surface area contributed by atoms with E-state index < -0.39 is 5.91 Å². The second kappa shape index (κ2) is 6.98. The molecule has 0 fully saturated rings. The Kier molecular flexibility index (Phi) is 5.03. The number of carbonyl (C=O) groups excluding carboxylic acids is 2. The van der Waals surface area contributed by atoms with E-state index in [0.717, 1.165) is 6.08 Å². The number of hydrogen-bond donors (Lipinski definition) is 2. The molecule has 6 heteroatoms. The Balaban J connectivity index is 2.26. The first-order valence-electron chi connectivity index (χ1n) is 6.72. The SMILES string of the molecule is C=CC(=O)N(C)c1cc(O)cc(C(=O)Nc2ccc(Cl)cc2)c1. The van der Waals surface area contributed by atoms with Gasteiger partial charge in [-0.25, -0.2) is 0 Å². The second-order valence-electron chi connectivity index (χ2n) is 4.80. The average molecular weight is 331 g/mol. The number of hydrogen-bond acceptors (Lipinski definition) is 3. The maximum Gasteiger partial charge on any atom is 0.255 e. The summed E-state index contributed by atoms with van der Waals surface area (Å²) in [6, 6.07) is 10.9. The lowest BCUT2D eigenvalue weighted by atomic mass is 10.1. The Bertz CT molecular complexity index is 757. The molecule has 2 N–H and O–H groups in total. The summed E-state index contributed by atoms with van der Waals surface area (Å²) < 4.78 is 0. The van der Waals surface area contributed by atoms with Crippen molar-refractivity contribution in [3.63, 3.8) is 0 Å². The lowest BCUT2D eigenvalue weighted by Gasteiger charge is -2.16. The average Bonchev–Trinajstić information content (AvgIpc) is 2.54. The second-order valence-corrected chi connectivity index (χ2v) is 5.24. The lowest BCUT2D eigenvalue weighted by Crippen LogP contribution is -2.24. The van der Waals surface area contributed by atoms with Crippen molar-refractivity contribution in [2.45, 2.75) is 0 Å². The number of nitrogens with one attached hydrogen (secondary N) is 1. The third-order valence-corrected chi connectivity index (χ3v) is 3.41. The van der Waals surface area contributed by atoms with E-state index in [4.69, 9.17) is 11.6 Å². The van der Waals surface area contributed by atoms with Gasteiger partial charge in [-0.3, -0.25) is 9.59 Å². The Morgan fingerprint density at radius 3 is 2.48 bits per heavy atom. The third kappa shape index (κ3) is 4.11. The predicted molar refractivity (Wildman–Crippen MR) is 91.1 cm³/mol. The van der Waals surface area contributed by atoms with E-state index in [1.807, 2.05) is 0 Å². The van der Waals surface area contributed by atoms with Crippen LogP contribution in [-0.2, 0) is 4.79 Å². The summed E-state index contributed by atoms with van der Waals surface area (Å²) in [4.78, 5) is 25.2. The molecular weight excluding hydrogens is 316 g/mol. The van der Waals surface area contributed by atoms with Crippen molar-refractivity contribution in [1.29, 1.82) is 0 Å². The number of aromatic hydroxyl groups is 1. The van der Waals surface area contributed by atoms with Crippen molar-refractivity contribution in [2.75, 3.05) is 17.3 Å². The highest BCUT2D eigenvalue weighted by Crippen LogP contribution is 2.24. The van der Waals surface area contributed by atoms with Crippen LogP contribution in [0.2, 0.25) is 5.02 Å². The number of phenolic OH excluding ortho intramolecular Hbond substituents is 1. The standard InChI is InChI=1S/C17H15ClN2O3/c1-3-16(22)20(2)14-8-11(9-15(21)10-14)17(23)19-13-6-4-12(18)5-7-13/h3-10,21H,1H2,2H3,(H,19,23). The van der Waals surface area contributed by atoms with Crippen molar-refractivity contribution >= 4 is 34.8 Å². The Morgan fingerprint density at radius 1 is 1.22 bits per heavy atom. The van der Waals surface area contributed by atoms with E-state index >= 15 is 0 Å². The maximum atomic E-state index is 12.3. The van der Waals surface area contributed by atoms with Crippen LogP contribution in [0.15, 0.2) is 55.1 Å². The first-order chi connectivity index (χ1) is 10.9. The molecule has 0 saturated heterocycles. The van der Waals surface area contributed by atoms with E-state index in [-0.39, 0.29) is 17.2 Å². The number of amides is 2. The van der Waals surface area contributed by atoms with Gasteiger partial charge < -0.3 is 15.3 Å². The molecule has 0 spiro atoms. The van der Waals surface area contributed by atoms with E-state index in [0.29, 0.717) is 16.4 Å². The van der Waals surface area contributed by atoms with Gasteiger partial charge in [0, 0.05) is 35.1 Å². The van der Waals surface area contributed by atoms with Gasteiger partial charge in [-0.2, -0.15) is 0 Å². The van der Waals surface area contributed by atoms with Crippen molar-refractivity contribution in [2.24, 2.45) is 0 Å². The third-order valence-electron chi connectivity index (χ3n) is 3.16. The smallest absolute Gasteiger partial charge is 0.255 e. The Morgan fingerprint density at radius 2 is 1.87 bits per heavy atom. The first kappa shape index (κ1) is 16.6. The molecule has 0 bridgehead atoms. The number of halogens is 1. The van der Waals surface area contributed by atoms with Gasteiger partial charge in [0.1, 0.15) is 5.75 Å². The summed E-state index contributed by atoms with van der Waals surface area (Å²) in [6.45, 7) is 3.41. The highest BCUT2D eigenvalue weighted by atomic mass is 35.5. The van der Waals surface area contributed by atoms with Crippen LogP contribution in [0.5, 0.6) is 5.75 Å². The largest absolute Gasteiger partial charge is 0.508 e. The van der Waals surface area contributed by atoms with Gasteiger partial charge in [0.25, 0.3) is 5.91 Å². The fourth-order valence-corrected chi connectivity index (χ4v) is 2.05. The minimum absolute atomic E-state index is 0.118. The van der Waals surface area contributed by atoms with Crippen molar-refractivity contribution < 1.29 is 14.7 Å². The summed E-state index contributed by atoms with van der Waals surface area (Å²) in [6.07, 6.45) is 1.15. The molecule has 0 radical (unpaired) electrons. The molecule has 2 rings (SSSR count).